The number of carbonyl (C=O) groups is 2. The Labute approximate surface area is 116 Å². The molecule has 104 valence electrons. The summed E-state index contributed by atoms with van der Waals surface area (Å²) in [5.74, 6) is -0.490. The van der Waals surface area contributed by atoms with Gasteiger partial charge >= 0.3 is 5.97 Å². The van der Waals surface area contributed by atoms with Gasteiger partial charge in [0.05, 0.1) is 25.4 Å². The monoisotopic (exact) mass is 285 g/mol. The van der Waals surface area contributed by atoms with E-state index in [2.05, 4.69) is 4.74 Å². The Morgan fingerprint density at radius 2 is 2.32 bits per heavy atom. The van der Waals surface area contributed by atoms with Crippen molar-refractivity contribution in [2.24, 2.45) is 0 Å². The van der Waals surface area contributed by atoms with Crippen molar-refractivity contribution in [2.75, 3.05) is 13.7 Å². The van der Waals surface area contributed by atoms with Crippen LogP contribution in [0.1, 0.15) is 36.0 Å². The first-order chi connectivity index (χ1) is 9.13. The van der Waals surface area contributed by atoms with E-state index in [1.165, 1.54) is 13.4 Å². The van der Waals surface area contributed by atoms with Crippen LogP contribution in [0, 0.1) is 0 Å². The fourth-order valence-corrected chi connectivity index (χ4v) is 2.55. The molecule has 1 amide bonds. The lowest BCUT2D eigenvalue weighted by Gasteiger charge is -2.35. The van der Waals surface area contributed by atoms with E-state index in [-0.39, 0.29) is 29.6 Å². The molecule has 6 heteroatoms. The first-order valence-corrected chi connectivity index (χ1v) is 6.62. The summed E-state index contributed by atoms with van der Waals surface area (Å²) < 4.78 is 9.61. The Hall–Kier alpha value is -1.49. The molecule has 1 fully saturated rings. The summed E-state index contributed by atoms with van der Waals surface area (Å²) in [4.78, 5) is 25.5. The molecule has 2 heterocycles. The van der Waals surface area contributed by atoms with Crippen molar-refractivity contribution < 1.29 is 18.7 Å². The molecule has 0 bridgehead atoms. The zero-order valence-corrected chi connectivity index (χ0v) is 11.5. The van der Waals surface area contributed by atoms with Crippen LogP contribution in [0.25, 0.3) is 0 Å². The van der Waals surface area contributed by atoms with Gasteiger partial charge in [-0.1, -0.05) is 0 Å². The van der Waals surface area contributed by atoms with Crippen LogP contribution in [0.3, 0.4) is 0 Å². The third-order valence-corrected chi connectivity index (χ3v) is 3.66. The van der Waals surface area contributed by atoms with Gasteiger partial charge in [0.15, 0.2) is 0 Å². The molecule has 0 aromatic carbocycles. The van der Waals surface area contributed by atoms with Crippen molar-refractivity contribution in [3.05, 3.63) is 23.1 Å². The minimum Gasteiger partial charge on any atom is -0.469 e. The Bertz CT molecular complexity index is 471. The van der Waals surface area contributed by atoms with Gasteiger partial charge in [-0.15, -0.1) is 0 Å². The maximum atomic E-state index is 12.4. The Morgan fingerprint density at radius 3 is 2.95 bits per heavy atom. The minimum atomic E-state index is -0.303. The van der Waals surface area contributed by atoms with E-state index in [9.17, 15) is 9.59 Å². The second-order valence-corrected chi connectivity index (χ2v) is 4.88. The molecule has 0 saturated carbocycles. The van der Waals surface area contributed by atoms with Crippen molar-refractivity contribution in [3.63, 3.8) is 0 Å². The molecular formula is C13H16ClNO4. The van der Waals surface area contributed by atoms with Gasteiger partial charge in [-0.05, 0) is 36.9 Å². The summed E-state index contributed by atoms with van der Waals surface area (Å²) >= 11 is 5.83. The lowest BCUT2D eigenvalue weighted by atomic mass is 9.98. The van der Waals surface area contributed by atoms with Gasteiger partial charge in [-0.3, -0.25) is 9.59 Å². The van der Waals surface area contributed by atoms with Crippen LogP contribution in [0.5, 0.6) is 0 Å². The van der Waals surface area contributed by atoms with Gasteiger partial charge in [-0.2, -0.15) is 0 Å². The van der Waals surface area contributed by atoms with Crippen molar-refractivity contribution in [2.45, 2.75) is 31.7 Å². The quantitative estimate of drug-likeness (QED) is 0.801. The smallest absolute Gasteiger partial charge is 0.307 e. The third-order valence-electron chi connectivity index (χ3n) is 3.37. The van der Waals surface area contributed by atoms with E-state index < -0.39 is 0 Å². The average molecular weight is 286 g/mol. The van der Waals surface area contributed by atoms with E-state index in [0.717, 1.165) is 19.3 Å². The number of amides is 1. The SMILES string of the molecule is COC(=O)CC1CCCCN1C(=O)c1ccoc1Cl. The van der Waals surface area contributed by atoms with E-state index in [1.807, 2.05) is 0 Å². The zero-order valence-electron chi connectivity index (χ0n) is 10.7. The van der Waals surface area contributed by atoms with Gasteiger partial charge < -0.3 is 14.1 Å². The van der Waals surface area contributed by atoms with E-state index >= 15 is 0 Å². The van der Waals surface area contributed by atoms with E-state index in [4.69, 9.17) is 16.0 Å². The molecule has 5 nitrogen and oxygen atoms in total. The number of hydrogen-bond donors (Lipinski definition) is 0. The lowest BCUT2D eigenvalue weighted by Crippen LogP contribution is -2.44. The first-order valence-electron chi connectivity index (χ1n) is 6.24. The van der Waals surface area contributed by atoms with Crippen LogP contribution < -0.4 is 0 Å². The largest absolute Gasteiger partial charge is 0.469 e. The van der Waals surface area contributed by atoms with Crippen LogP contribution in [-0.4, -0.2) is 36.5 Å². The average Bonchev–Trinajstić information content (AvgIpc) is 2.84. The highest BCUT2D eigenvalue weighted by Crippen LogP contribution is 2.25. The number of methoxy groups -OCH3 is 1. The van der Waals surface area contributed by atoms with E-state index in [1.54, 1.807) is 11.0 Å². The Balaban J connectivity index is 2.13. The molecule has 1 aromatic heterocycles. The fourth-order valence-electron chi connectivity index (χ4n) is 2.36. The molecule has 0 spiro atoms. The summed E-state index contributed by atoms with van der Waals surface area (Å²) in [7, 11) is 1.35. The molecule has 1 aromatic rings. The molecule has 2 rings (SSSR count). The van der Waals surface area contributed by atoms with Gasteiger partial charge in [0.2, 0.25) is 5.22 Å². The van der Waals surface area contributed by atoms with E-state index in [0.29, 0.717) is 12.1 Å². The second kappa shape index (κ2) is 6.10. The summed E-state index contributed by atoms with van der Waals surface area (Å²) in [6.07, 6.45) is 4.34. The molecule has 0 radical (unpaired) electrons. The molecule has 0 aliphatic carbocycles. The van der Waals surface area contributed by atoms with Gasteiger partial charge in [0, 0.05) is 12.6 Å². The van der Waals surface area contributed by atoms with Crippen LogP contribution in [-0.2, 0) is 9.53 Å². The Morgan fingerprint density at radius 1 is 1.53 bits per heavy atom. The standard InChI is InChI=1S/C13H16ClNO4/c1-18-11(16)8-9-4-2-3-6-15(9)13(17)10-5-7-19-12(10)14/h5,7,9H,2-4,6,8H2,1H3. The maximum absolute atomic E-state index is 12.4. The van der Waals surface area contributed by atoms with Crippen molar-refractivity contribution >= 4 is 23.5 Å². The normalized spacial score (nSPS) is 19.3. The number of carbonyl (C=O) groups excluding carboxylic acids is 2. The molecule has 0 N–H and O–H groups in total. The Kier molecular flexibility index (Phi) is 4.47. The van der Waals surface area contributed by atoms with Crippen LogP contribution in [0.15, 0.2) is 16.7 Å². The van der Waals surface area contributed by atoms with Crippen LogP contribution in [0.4, 0.5) is 0 Å². The fraction of sp³-hybridized carbons (Fsp3) is 0.538. The number of ether oxygens (including phenoxy) is 1. The summed E-state index contributed by atoms with van der Waals surface area (Å²) in [5.41, 5.74) is 0.346. The molecule has 1 aliphatic heterocycles. The van der Waals surface area contributed by atoms with Crippen LogP contribution >= 0.6 is 11.6 Å². The number of likely N-dealkylation sites (tertiary alicyclic amines) is 1. The zero-order chi connectivity index (χ0) is 13.8. The predicted octanol–water partition coefficient (Wildman–Crippen LogP) is 2.49. The minimum absolute atomic E-state index is 0.0902. The lowest BCUT2D eigenvalue weighted by molar-refractivity contribution is -0.142. The summed E-state index contributed by atoms with van der Waals surface area (Å²) in [6.45, 7) is 0.627. The van der Waals surface area contributed by atoms with Gasteiger partial charge in [0.1, 0.15) is 0 Å². The number of furan rings is 1. The summed E-state index contributed by atoms with van der Waals surface area (Å²) in [5, 5.41) is 0.0902. The third kappa shape index (κ3) is 3.10. The van der Waals surface area contributed by atoms with Gasteiger partial charge in [0.25, 0.3) is 5.91 Å². The second-order valence-electron chi connectivity index (χ2n) is 4.54. The van der Waals surface area contributed by atoms with Crippen LogP contribution in [0.2, 0.25) is 5.22 Å². The highest BCUT2D eigenvalue weighted by Gasteiger charge is 2.31. The summed E-state index contributed by atoms with van der Waals surface area (Å²) in [6, 6.07) is 1.42. The first kappa shape index (κ1) is 13.9. The molecule has 1 atom stereocenters. The maximum Gasteiger partial charge on any atom is 0.307 e. The number of piperidine rings is 1. The molecule has 19 heavy (non-hydrogen) atoms. The number of rotatable bonds is 3. The molecule has 1 aliphatic rings. The predicted molar refractivity (Wildman–Crippen MR) is 69.0 cm³/mol. The number of halogens is 1. The number of esters is 1. The molecular weight excluding hydrogens is 270 g/mol. The number of hydrogen-bond acceptors (Lipinski definition) is 4. The number of nitrogens with zero attached hydrogens (tertiary/aromatic N) is 1. The van der Waals surface area contributed by atoms with Crippen molar-refractivity contribution in [1.82, 2.24) is 4.90 Å². The van der Waals surface area contributed by atoms with Crippen molar-refractivity contribution in [1.29, 1.82) is 0 Å². The van der Waals surface area contributed by atoms with Gasteiger partial charge in [-0.25, -0.2) is 0 Å². The highest BCUT2D eigenvalue weighted by atomic mass is 35.5. The van der Waals surface area contributed by atoms with Crippen molar-refractivity contribution in [3.8, 4) is 0 Å². The topological polar surface area (TPSA) is 59.8 Å². The molecule has 1 unspecified atom stereocenters. The molecule has 1 saturated heterocycles. The highest BCUT2D eigenvalue weighted by molar-refractivity contribution is 6.32.